The van der Waals surface area contributed by atoms with Gasteiger partial charge in [-0.15, -0.1) is 0 Å². The Labute approximate surface area is 563 Å². The number of allylic oxidation sites excluding steroid dienone is 16. The zero-order valence-electron chi connectivity index (χ0n) is 59.6. The minimum Gasteiger partial charge on any atom is -0.462 e. The number of unbranched alkanes of at least 4 members (excludes halogenated alkanes) is 44. The highest BCUT2D eigenvalue weighted by atomic mass is 31.2. The topological polar surface area (TPSA) is 134 Å². The van der Waals surface area contributed by atoms with E-state index in [1.54, 1.807) is 0 Å². The lowest BCUT2D eigenvalue weighted by atomic mass is 10.0. The average Bonchev–Trinajstić information content (AvgIpc) is 3.68. The minimum atomic E-state index is -4.40. The monoisotopic (exact) mass is 1290 g/mol. The highest BCUT2D eigenvalue weighted by molar-refractivity contribution is 7.47. The van der Waals surface area contributed by atoms with Crippen LogP contribution in [0.1, 0.15) is 373 Å². The maximum atomic E-state index is 12.8. The van der Waals surface area contributed by atoms with Gasteiger partial charge in [0.2, 0.25) is 0 Å². The van der Waals surface area contributed by atoms with Crippen molar-refractivity contribution in [3.05, 3.63) is 97.2 Å². The Kier molecular flexibility index (Phi) is 73.4. The number of esters is 2. The van der Waals surface area contributed by atoms with Gasteiger partial charge in [0.15, 0.2) is 6.10 Å². The van der Waals surface area contributed by atoms with Gasteiger partial charge in [-0.1, -0.05) is 361 Å². The first-order chi connectivity index (χ1) is 44.8. The number of phosphoric acid groups is 1. The largest absolute Gasteiger partial charge is 0.472 e. The van der Waals surface area contributed by atoms with Gasteiger partial charge in [0.05, 0.1) is 13.2 Å². The molecule has 0 aliphatic carbocycles. The summed E-state index contributed by atoms with van der Waals surface area (Å²) in [6.07, 6.45) is 104. The molecule has 9 nitrogen and oxygen atoms in total. The van der Waals surface area contributed by atoms with E-state index >= 15 is 0 Å². The van der Waals surface area contributed by atoms with Crippen LogP contribution in [-0.2, 0) is 32.7 Å². The Morgan fingerprint density at radius 3 is 0.901 bits per heavy atom. The number of ether oxygens (including phenoxy) is 2. The van der Waals surface area contributed by atoms with Gasteiger partial charge >= 0.3 is 19.8 Å². The molecule has 0 aromatic heterocycles. The number of rotatable bonds is 73. The molecule has 10 heteroatoms. The van der Waals surface area contributed by atoms with Gasteiger partial charge < -0.3 is 20.1 Å². The highest BCUT2D eigenvalue weighted by Gasteiger charge is 2.26. The molecule has 0 saturated heterocycles. The first-order valence-corrected chi connectivity index (χ1v) is 40.2. The summed E-state index contributed by atoms with van der Waals surface area (Å²) in [5.74, 6) is -0.821. The van der Waals surface area contributed by atoms with Crippen molar-refractivity contribution in [1.82, 2.24) is 0 Å². The first-order valence-electron chi connectivity index (χ1n) is 38.7. The number of hydrogen-bond acceptors (Lipinski definition) is 8. The number of carbonyl (C=O) groups is 2. The Bertz CT molecular complexity index is 1820. The van der Waals surface area contributed by atoms with Crippen LogP contribution in [0.3, 0.4) is 0 Å². The van der Waals surface area contributed by atoms with E-state index in [4.69, 9.17) is 24.3 Å². The summed E-state index contributed by atoms with van der Waals surface area (Å²) in [7, 11) is -4.40. The Morgan fingerprint density at radius 1 is 0.341 bits per heavy atom. The zero-order chi connectivity index (χ0) is 65.8. The smallest absolute Gasteiger partial charge is 0.462 e. The van der Waals surface area contributed by atoms with Crippen molar-refractivity contribution < 1.29 is 37.6 Å². The van der Waals surface area contributed by atoms with Crippen molar-refractivity contribution in [2.75, 3.05) is 26.4 Å². The van der Waals surface area contributed by atoms with E-state index in [0.29, 0.717) is 6.42 Å². The Morgan fingerprint density at radius 2 is 0.604 bits per heavy atom. The summed E-state index contributed by atoms with van der Waals surface area (Å²) in [4.78, 5) is 35.4. The van der Waals surface area contributed by atoms with Gasteiger partial charge in [0.1, 0.15) is 6.61 Å². The second kappa shape index (κ2) is 76.0. The van der Waals surface area contributed by atoms with Crippen molar-refractivity contribution in [3.8, 4) is 0 Å². The summed E-state index contributed by atoms with van der Waals surface area (Å²) in [6.45, 7) is 3.66. The lowest BCUT2D eigenvalue weighted by Crippen LogP contribution is -2.29. The maximum Gasteiger partial charge on any atom is 0.472 e. The molecule has 0 amide bonds. The summed E-state index contributed by atoms with van der Waals surface area (Å²) >= 11 is 0. The van der Waals surface area contributed by atoms with Crippen LogP contribution >= 0.6 is 7.82 Å². The molecule has 2 atom stereocenters. The van der Waals surface area contributed by atoms with E-state index in [-0.39, 0.29) is 38.6 Å². The molecular weight excluding hydrogens is 1150 g/mol. The van der Waals surface area contributed by atoms with E-state index in [0.717, 1.165) is 89.9 Å². The molecule has 0 bridgehead atoms. The molecule has 0 aliphatic rings. The fourth-order valence-electron chi connectivity index (χ4n) is 11.3. The molecule has 0 fully saturated rings. The molecular formula is C81H146NO8P. The van der Waals surface area contributed by atoms with E-state index in [1.165, 1.54) is 250 Å². The summed E-state index contributed by atoms with van der Waals surface area (Å²) < 4.78 is 33.2. The molecule has 0 radical (unpaired) electrons. The molecule has 0 spiro atoms. The fraction of sp³-hybridized carbons (Fsp3) is 0.778. The first kappa shape index (κ1) is 87.9. The predicted octanol–water partition coefficient (Wildman–Crippen LogP) is 25.9. The van der Waals surface area contributed by atoms with Gasteiger partial charge in [-0.05, 0) is 96.3 Å². The second-order valence-electron chi connectivity index (χ2n) is 25.8. The lowest BCUT2D eigenvalue weighted by molar-refractivity contribution is -0.161. The number of nitrogens with two attached hydrogens (primary N) is 1. The minimum absolute atomic E-state index is 0.0506. The maximum absolute atomic E-state index is 12.8. The molecule has 3 N–H and O–H groups in total. The summed E-state index contributed by atoms with van der Waals surface area (Å²) in [5, 5.41) is 0. The van der Waals surface area contributed by atoms with Crippen molar-refractivity contribution in [2.45, 2.75) is 380 Å². The third-order valence-electron chi connectivity index (χ3n) is 17.0. The SMILES string of the molecule is CC/C=C\C/C=C\C/C=C\C/C=C\C/C=C\C/C=C\CCCCCCCCCCCCC(=O)OC(COC(=O)CCCCCCCCCCCCCCCCCCCCCCCCCCCCCCC/C=C\C/C=C\CCCCCCC)COP(=O)(O)OCCN. The normalized spacial score (nSPS) is 13.4. The van der Waals surface area contributed by atoms with E-state index in [9.17, 15) is 19.0 Å². The third kappa shape index (κ3) is 75.8. The van der Waals surface area contributed by atoms with Crippen LogP contribution < -0.4 is 5.73 Å². The van der Waals surface area contributed by atoms with Gasteiger partial charge in [0.25, 0.3) is 0 Å². The molecule has 0 saturated carbocycles. The van der Waals surface area contributed by atoms with Gasteiger partial charge in [-0.3, -0.25) is 18.6 Å². The van der Waals surface area contributed by atoms with Crippen LogP contribution in [0, 0.1) is 0 Å². The summed E-state index contributed by atoms with van der Waals surface area (Å²) in [6, 6.07) is 0. The standard InChI is InChI=1S/C81H146NO8P/c1-3-5-7-9-11-13-15-17-19-21-23-25-27-29-31-33-34-35-36-37-38-39-40-41-42-43-44-46-47-49-51-53-55-57-59-61-63-65-67-69-71-73-80(83)87-77-79(78-89-91(85,86)88-76-75-82)90-81(84)74-72-70-68-66-64-62-60-58-56-54-52-50-48-45-32-30-28-26-24-22-20-18-16-14-12-10-8-6-4-2/h6,8,12,14-15,17-18,20-21,23-24,26,30,32,48,50,79H,3-5,7,9-11,13,16,19,22,25,27-29,31,33-47,49,51-78,82H2,1-2H3,(H,85,86)/b8-6-,14-12-,17-15-,20-18-,23-21-,26-24-,32-30-,50-48-. The highest BCUT2D eigenvalue weighted by Crippen LogP contribution is 2.43. The van der Waals surface area contributed by atoms with Crippen molar-refractivity contribution >= 4 is 19.8 Å². The van der Waals surface area contributed by atoms with Crippen LogP contribution in [0.25, 0.3) is 0 Å². The van der Waals surface area contributed by atoms with Crippen molar-refractivity contribution in [2.24, 2.45) is 5.73 Å². The molecule has 528 valence electrons. The number of carbonyl (C=O) groups excluding carboxylic acids is 2. The average molecular weight is 1290 g/mol. The fourth-order valence-corrected chi connectivity index (χ4v) is 12.0. The van der Waals surface area contributed by atoms with E-state index in [1.807, 2.05) is 0 Å². The van der Waals surface area contributed by atoms with Crippen LogP contribution in [-0.4, -0.2) is 49.3 Å². The number of hydrogen-bond donors (Lipinski definition) is 2. The quantitative estimate of drug-likeness (QED) is 0.0264. The molecule has 0 aromatic rings. The third-order valence-corrected chi connectivity index (χ3v) is 17.9. The van der Waals surface area contributed by atoms with E-state index < -0.39 is 26.5 Å². The van der Waals surface area contributed by atoms with Crippen LogP contribution in [0.5, 0.6) is 0 Å². The van der Waals surface area contributed by atoms with Crippen LogP contribution in [0.2, 0.25) is 0 Å². The van der Waals surface area contributed by atoms with E-state index in [2.05, 4.69) is 111 Å². The number of phosphoric ester groups is 1. The molecule has 2 unspecified atom stereocenters. The lowest BCUT2D eigenvalue weighted by Gasteiger charge is -2.19. The Balaban J connectivity index is 3.78. The van der Waals surface area contributed by atoms with Crippen molar-refractivity contribution in [1.29, 1.82) is 0 Å². The van der Waals surface area contributed by atoms with Gasteiger partial charge in [-0.2, -0.15) is 0 Å². The second-order valence-corrected chi connectivity index (χ2v) is 27.3. The van der Waals surface area contributed by atoms with Gasteiger partial charge in [-0.25, -0.2) is 4.57 Å². The molecule has 0 aromatic carbocycles. The van der Waals surface area contributed by atoms with Gasteiger partial charge in [0, 0.05) is 19.4 Å². The Hall–Kier alpha value is -3.07. The molecule has 91 heavy (non-hydrogen) atoms. The molecule has 0 aliphatic heterocycles. The van der Waals surface area contributed by atoms with Crippen LogP contribution in [0.15, 0.2) is 97.2 Å². The zero-order valence-corrected chi connectivity index (χ0v) is 60.5. The predicted molar refractivity (Wildman–Crippen MR) is 395 cm³/mol. The van der Waals surface area contributed by atoms with Crippen LogP contribution in [0.4, 0.5) is 0 Å². The summed E-state index contributed by atoms with van der Waals surface area (Å²) in [5.41, 5.74) is 5.41. The molecule has 0 heterocycles. The molecule has 0 rings (SSSR count). The van der Waals surface area contributed by atoms with Crippen molar-refractivity contribution in [3.63, 3.8) is 0 Å².